The lowest BCUT2D eigenvalue weighted by Gasteiger charge is -2.24. The van der Waals surface area contributed by atoms with Crippen LogP contribution in [0.2, 0.25) is 0 Å². The smallest absolute Gasteiger partial charge is 0.186 e. The summed E-state index contributed by atoms with van der Waals surface area (Å²) in [6.45, 7) is 7.33. The Kier molecular flexibility index (Phi) is 4.44. The van der Waals surface area contributed by atoms with E-state index < -0.39 is 0 Å². The van der Waals surface area contributed by atoms with E-state index >= 15 is 0 Å². The van der Waals surface area contributed by atoms with Gasteiger partial charge in [-0.05, 0) is 44.0 Å². The number of benzene rings is 1. The van der Waals surface area contributed by atoms with Gasteiger partial charge in [-0.3, -0.25) is 9.98 Å². The summed E-state index contributed by atoms with van der Waals surface area (Å²) in [6, 6.07) is 14.5. The monoisotopic (exact) mass is 323 g/mol. The van der Waals surface area contributed by atoms with E-state index in [1.807, 2.05) is 30.6 Å². The summed E-state index contributed by atoms with van der Waals surface area (Å²) in [4.78, 5) is 9.95. The molecule has 3 rings (SSSR count). The van der Waals surface area contributed by atoms with Crippen molar-refractivity contribution in [2.45, 2.75) is 32.9 Å². The van der Waals surface area contributed by atoms with Gasteiger partial charge in [-0.2, -0.15) is 0 Å². The van der Waals surface area contributed by atoms with Gasteiger partial charge in [0.05, 0.1) is 12.2 Å². The number of aromatic nitrogens is 2. The highest BCUT2D eigenvalue weighted by molar-refractivity contribution is 7.07. The van der Waals surface area contributed by atoms with Gasteiger partial charge in [0.1, 0.15) is 0 Å². The molecule has 2 heterocycles. The van der Waals surface area contributed by atoms with Crippen molar-refractivity contribution >= 4 is 11.3 Å². The van der Waals surface area contributed by atoms with Gasteiger partial charge in [0.15, 0.2) is 4.80 Å². The molecule has 3 nitrogen and oxygen atoms in total. The molecule has 0 N–H and O–H groups in total. The van der Waals surface area contributed by atoms with Crippen molar-refractivity contribution in [1.29, 1.82) is 0 Å². The largest absolute Gasteiger partial charge is 0.311 e. The van der Waals surface area contributed by atoms with Crippen LogP contribution < -0.4 is 4.80 Å². The van der Waals surface area contributed by atoms with Crippen LogP contribution in [0, 0.1) is 0 Å². The zero-order valence-corrected chi connectivity index (χ0v) is 14.5. The third kappa shape index (κ3) is 3.59. The summed E-state index contributed by atoms with van der Waals surface area (Å²) in [5, 5.41) is 2.20. The number of thiazole rings is 1. The van der Waals surface area contributed by atoms with Crippen molar-refractivity contribution in [1.82, 2.24) is 9.55 Å². The Morgan fingerprint density at radius 1 is 1.04 bits per heavy atom. The number of rotatable bonds is 3. The molecular formula is C19H21N3S. The Morgan fingerprint density at radius 3 is 2.39 bits per heavy atom. The molecule has 0 amide bonds. The van der Waals surface area contributed by atoms with E-state index in [2.05, 4.69) is 60.0 Å². The highest BCUT2D eigenvalue weighted by Gasteiger charge is 2.19. The Balaban J connectivity index is 2.06. The Morgan fingerprint density at radius 2 is 1.74 bits per heavy atom. The molecule has 0 radical (unpaired) electrons. The summed E-state index contributed by atoms with van der Waals surface area (Å²) in [7, 11) is 0. The first kappa shape index (κ1) is 15.7. The molecule has 2 aromatic heterocycles. The van der Waals surface area contributed by atoms with Gasteiger partial charge in [0.2, 0.25) is 0 Å². The average molecular weight is 323 g/mol. The van der Waals surface area contributed by atoms with E-state index in [9.17, 15) is 0 Å². The molecule has 3 aromatic rings. The second kappa shape index (κ2) is 6.50. The minimum absolute atomic E-state index is 0.0255. The zero-order chi connectivity index (χ0) is 16.3. The van der Waals surface area contributed by atoms with E-state index in [1.54, 1.807) is 11.3 Å². The van der Waals surface area contributed by atoms with Gasteiger partial charge in [-0.25, -0.2) is 0 Å². The van der Waals surface area contributed by atoms with Crippen molar-refractivity contribution in [3.05, 3.63) is 70.6 Å². The molecule has 0 atom stereocenters. The van der Waals surface area contributed by atoms with Gasteiger partial charge < -0.3 is 4.57 Å². The highest BCUT2D eigenvalue weighted by atomic mass is 32.1. The van der Waals surface area contributed by atoms with E-state index in [0.717, 1.165) is 4.80 Å². The fourth-order valence-electron chi connectivity index (χ4n) is 2.53. The maximum absolute atomic E-state index is 4.84. The molecular weight excluding hydrogens is 302 g/mol. The third-order valence-corrected chi connectivity index (χ3v) is 4.46. The van der Waals surface area contributed by atoms with Crippen LogP contribution in [0.3, 0.4) is 0 Å². The second-order valence-corrected chi connectivity index (χ2v) is 7.28. The molecule has 0 unspecified atom stereocenters. The standard InChI is InChI=1S/C19H21N3S/c1-19(2,3)22-17(16-7-5-4-6-8-16)14-23-18(22)21-13-15-9-11-20-12-10-15/h4-12,14H,13H2,1-3H3. The average Bonchev–Trinajstić information content (AvgIpc) is 2.99. The van der Waals surface area contributed by atoms with Crippen molar-refractivity contribution in [2.75, 3.05) is 0 Å². The number of hydrogen-bond acceptors (Lipinski definition) is 3. The Hall–Kier alpha value is -2.20. The topological polar surface area (TPSA) is 30.2 Å². The Bertz CT molecular complexity index is 824. The van der Waals surface area contributed by atoms with E-state index in [1.165, 1.54) is 16.8 Å². The lowest BCUT2D eigenvalue weighted by atomic mass is 10.1. The Labute approximate surface area is 141 Å². The lowest BCUT2D eigenvalue weighted by Crippen LogP contribution is -2.31. The van der Waals surface area contributed by atoms with Crippen LogP contribution in [0.5, 0.6) is 0 Å². The van der Waals surface area contributed by atoms with Crippen LogP contribution in [0.1, 0.15) is 26.3 Å². The van der Waals surface area contributed by atoms with Crippen molar-refractivity contribution < 1.29 is 0 Å². The molecule has 0 aliphatic heterocycles. The second-order valence-electron chi connectivity index (χ2n) is 6.45. The summed E-state index contributed by atoms with van der Waals surface area (Å²) < 4.78 is 2.33. The fraction of sp³-hybridized carbons (Fsp3) is 0.263. The molecule has 1 aromatic carbocycles. The summed E-state index contributed by atoms with van der Waals surface area (Å²) in [5.74, 6) is 0. The van der Waals surface area contributed by atoms with Gasteiger partial charge in [0, 0.05) is 23.3 Å². The van der Waals surface area contributed by atoms with E-state index in [-0.39, 0.29) is 5.54 Å². The van der Waals surface area contributed by atoms with Crippen LogP contribution in [0.4, 0.5) is 0 Å². The molecule has 0 aliphatic carbocycles. The van der Waals surface area contributed by atoms with Gasteiger partial charge in [-0.1, -0.05) is 30.3 Å². The van der Waals surface area contributed by atoms with Gasteiger partial charge >= 0.3 is 0 Å². The van der Waals surface area contributed by atoms with Crippen molar-refractivity contribution in [3.8, 4) is 11.3 Å². The molecule has 0 saturated carbocycles. The SMILES string of the molecule is CC(C)(C)n1c(-c2ccccc2)csc1=NCc1ccncc1. The molecule has 118 valence electrons. The van der Waals surface area contributed by atoms with Crippen molar-refractivity contribution in [2.24, 2.45) is 4.99 Å². The number of nitrogens with zero attached hydrogens (tertiary/aromatic N) is 3. The molecule has 0 bridgehead atoms. The highest BCUT2D eigenvalue weighted by Crippen LogP contribution is 2.25. The molecule has 0 spiro atoms. The third-order valence-electron chi connectivity index (χ3n) is 3.59. The predicted octanol–water partition coefficient (Wildman–Crippen LogP) is 4.47. The van der Waals surface area contributed by atoms with Crippen LogP contribution in [0.15, 0.2) is 65.2 Å². The summed E-state index contributed by atoms with van der Waals surface area (Å²) in [6.07, 6.45) is 3.62. The number of hydrogen-bond donors (Lipinski definition) is 0. The quantitative estimate of drug-likeness (QED) is 0.699. The van der Waals surface area contributed by atoms with Crippen LogP contribution in [-0.2, 0) is 12.1 Å². The number of pyridine rings is 1. The molecule has 23 heavy (non-hydrogen) atoms. The first-order valence-corrected chi connectivity index (χ1v) is 8.59. The van der Waals surface area contributed by atoms with E-state index in [4.69, 9.17) is 4.99 Å². The first-order chi connectivity index (χ1) is 11.1. The van der Waals surface area contributed by atoms with E-state index in [0.29, 0.717) is 6.54 Å². The molecule has 4 heteroatoms. The maximum Gasteiger partial charge on any atom is 0.186 e. The molecule has 0 aliphatic rings. The van der Waals surface area contributed by atoms with Gasteiger partial charge in [-0.15, -0.1) is 11.3 Å². The maximum atomic E-state index is 4.84. The fourth-order valence-corrected chi connectivity index (χ4v) is 3.60. The van der Waals surface area contributed by atoms with Crippen LogP contribution >= 0.6 is 11.3 Å². The molecule has 0 saturated heterocycles. The predicted molar refractivity (Wildman–Crippen MR) is 96.2 cm³/mol. The van der Waals surface area contributed by atoms with Crippen molar-refractivity contribution in [3.63, 3.8) is 0 Å². The van der Waals surface area contributed by atoms with Gasteiger partial charge in [0.25, 0.3) is 0 Å². The normalized spacial score (nSPS) is 12.6. The summed E-state index contributed by atoms with van der Waals surface area (Å²) >= 11 is 1.70. The van der Waals surface area contributed by atoms with Crippen LogP contribution in [0.25, 0.3) is 11.3 Å². The molecule has 0 fully saturated rings. The zero-order valence-electron chi connectivity index (χ0n) is 13.7. The summed E-state index contributed by atoms with van der Waals surface area (Å²) in [5.41, 5.74) is 3.60. The lowest BCUT2D eigenvalue weighted by molar-refractivity contribution is 0.391. The first-order valence-electron chi connectivity index (χ1n) is 7.71. The minimum atomic E-state index is -0.0255. The van der Waals surface area contributed by atoms with Crippen LogP contribution in [-0.4, -0.2) is 9.55 Å². The minimum Gasteiger partial charge on any atom is -0.311 e.